The molecule has 12 aromatic rings. The van der Waals surface area contributed by atoms with E-state index in [0.29, 0.717) is 0 Å². The third-order valence-corrected chi connectivity index (χ3v) is 11.6. The minimum Gasteiger partial charge on any atom is -0.458 e. The fraction of sp³-hybridized carbons (Fsp3) is 0.0400. The summed E-state index contributed by atoms with van der Waals surface area (Å²) >= 11 is 0. The number of ether oxygens (including phenoxy) is 1. The topological polar surface area (TPSA) is 45.7 Å². The van der Waals surface area contributed by atoms with Gasteiger partial charge in [0.15, 0.2) is 0 Å². The number of aryl methyl sites for hydroxylation is 2. The number of benzene rings is 7. The van der Waals surface area contributed by atoms with Gasteiger partial charge in [0.2, 0.25) is 6.33 Å². The molecule has 0 radical (unpaired) electrons. The van der Waals surface area contributed by atoms with Crippen molar-refractivity contribution in [3.8, 4) is 28.7 Å². The van der Waals surface area contributed by atoms with E-state index in [0.717, 1.165) is 61.7 Å². The van der Waals surface area contributed by atoms with Crippen molar-refractivity contribution in [2.24, 2.45) is 14.1 Å². The molecule has 7 aromatic carbocycles. The van der Waals surface area contributed by atoms with Crippen LogP contribution in [0.25, 0.3) is 93.6 Å². The van der Waals surface area contributed by atoms with Crippen LogP contribution in [0, 0.1) is 6.33 Å². The Bertz CT molecular complexity index is 3570. The molecule has 0 spiro atoms. The Morgan fingerprint density at radius 2 is 1.19 bits per heavy atom. The summed E-state index contributed by atoms with van der Waals surface area (Å²) < 4.78 is 18.0. The number of hydrogen-bond acceptors (Lipinski definition) is 2. The van der Waals surface area contributed by atoms with Crippen molar-refractivity contribution >= 4 is 76.5 Å². The summed E-state index contributed by atoms with van der Waals surface area (Å²) in [5.74, 6) is 2.32. The summed E-state index contributed by atoms with van der Waals surface area (Å²) in [6.45, 7) is 0. The van der Waals surface area contributed by atoms with Gasteiger partial charge in [-0.15, -0.1) is 0 Å². The lowest BCUT2D eigenvalue weighted by atomic mass is 10.0. The first-order valence-electron chi connectivity index (χ1n) is 19.2. The van der Waals surface area contributed by atoms with E-state index in [4.69, 9.17) is 9.72 Å². The average Bonchev–Trinajstić information content (AvgIpc) is 3.98. The molecule has 0 bridgehead atoms. The van der Waals surface area contributed by atoms with Gasteiger partial charge in [0, 0.05) is 62.8 Å². The molecule has 7 heteroatoms. The number of hydrogen-bond donors (Lipinski definition) is 0. The van der Waals surface area contributed by atoms with Gasteiger partial charge in [-0.3, -0.25) is 4.57 Å². The van der Waals surface area contributed by atoms with Crippen molar-refractivity contribution in [1.29, 1.82) is 0 Å². The maximum atomic E-state index is 6.76. The van der Waals surface area contributed by atoms with Crippen LogP contribution in [0.2, 0.25) is 0 Å². The zero-order chi connectivity index (χ0) is 37.8. The minimum absolute atomic E-state index is 0.736. The second-order valence-electron chi connectivity index (χ2n) is 14.7. The van der Waals surface area contributed by atoms with Gasteiger partial charge in [0.05, 0.1) is 51.4 Å². The van der Waals surface area contributed by atoms with Crippen molar-refractivity contribution in [2.75, 3.05) is 0 Å². The summed E-state index contributed by atoms with van der Waals surface area (Å²) in [7, 11) is 4.22. The summed E-state index contributed by atoms with van der Waals surface area (Å²) in [5, 5.41) is 7.21. The molecule has 0 unspecified atom stereocenters. The van der Waals surface area contributed by atoms with Gasteiger partial charge in [0.25, 0.3) is 0 Å². The molecule has 0 amide bonds. The number of imidazole rings is 1. The molecule has 5 heterocycles. The fourth-order valence-electron chi connectivity index (χ4n) is 9.23. The van der Waals surface area contributed by atoms with Crippen molar-refractivity contribution in [3.63, 3.8) is 0 Å². The lowest BCUT2D eigenvalue weighted by molar-refractivity contribution is -0.572. The highest BCUT2D eigenvalue weighted by atomic mass is 16.5. The van der Waals surface area contributed by atoms with Crippen LogP contribution >= 0.6 is 0 Å². The third-order valence-electron chi connectivity index (χ3n) is 11.6. The first-order valence-corrected chi connectivity index (χ1v) is 19.2. The zero-order valence-electron chi connectivity index (χ0n) is 31.3. The van der Waals surface area contributed by atoms with Crippen LogP contribution in [-0.4, -0.2) is 23.3 Å². The van der Waals surface area contributed by atoms with Crippen LogP contribution in [0.4, 0.5) is 0 Å². The molecule has 0 aliphatic carbocycles. The van der Waals surface area contributed by atoms with Gasteiger partial charge in [-0.05, 0) is 60.7 Å². The second kappa shape index (κ2) is 11.9. The van der Waals surface area contributed by atoms with Gasteiger partial charge >= 0.3 is 0 Å². The van der Waals surface area contributed by atoms with Gasteiger partial charge in [-0.2, -0.15) is 0 Å². The predicted octanol–water partition coefficient (Wildman–Crippen LogP) is 11.3. The fourth-order valence-corrected chi connectivity index (χ4v) is 9.23. The second-order valence-corrected chi connectivity index (χ2v) is 14.7. The van der Waals surface area contributed by atoms with Crippen LogP contribution in [0.5, 0.6) is 11.5 Å². The van der Waals surface area contributed by atoms with Crippen molar-refractivity contribution in [2.45, 2.75) is 0 Å². The lowest BCUT2D eigenvalue weighted by Gasteiger charge is -2.12. The lowest BCUT2D eigenvalue weighted by Crippen LogP contribution is -2.29. The van der Waals surface area contributed by atoms with E-state index < -0.39 is 0 Å². The Morgan fingerprint density at radius 3 is 2.02 bits per heavy atom. The van der Waals surface area contributed by atoms with Crippen molar-refractivity contribution in [1.82, 2.24) is 23.3 Å². The number of rotatable bonds is 5. The smallest absolute Gasteiger partial charge is 0.244 e. The SMILES string of the molecule is Cn1[c-][n+](-c2cccc(Oc3ccc4c5c6c(c7ccccc7n6-c6ccccc6)c6c7ccccc7n(C)c6c5n(-c5ccccn5)c4c3)c2)c2ccccc21. The number of aromatic nitrogens is 6. The van der Waals surface area contributed by atoms with Crippen molar-refractivity contribution < 1.29 is 9.30 Å². The highest BCUT2D eigenvalue weighted by Crippen LogP contribution is 2.49. The number of para-hydroxylation sites is 5. The molecular weight excluding hydrogens is 701 g/mol. The Balaban J connectivity index is 1.19. The Morgan fingerprint density at radius 1 is 0.509 bits per heavy atom. The molecule has 5 aromatic heterocycles. The first-order chi connectivity index (χ1) is 28.1. The molecule has 0 saturated heterocycles. The van der Waals surface area contributed by atoms with Gasteiger partial charge < -0.3 is 23.0 Å². The van der Waals surface area contributed by atoms with E-state index in [1.165, 1.54) is 43.5 Å². The molecule has 0 saturated carbocycles. The largest absolute Gasteiger partial charge is 0.458 e. The van der Waals surface area contributed by atoms with Crippen molar-refractivity contribution in [3.05, 3.63) is 176 Å². The molecule has 0 fully saturated rings. The first kappa shape index (κ1) is 31.7. The monoisotopic (exact) mass is 734 g/mol. The van der Waals surface area contributed by atoms with E-state index in [-0.39, 0.29) is 0 Å². The van der Waals surface area contributed by atoms with E-state index in [1.807, 2.05) is 36.0 Å². The van der Waals surface area contributed by atoms with E-state index in [2.05, 4.69) is 177 Å². The van der Waals surface area contributed by atoms with Gasteiger partial charge in [0.1, 0.15) is 17.3 Å². The van der Waals surface area contributed by atoms with Crippen LogP contribution < -0.4 is 9.30 Å². The number of pyridine rings is 1. The summed E-state index contributed by atoms with van der Waals surface area (Å²) in [4.78, 5) is 5.00. The highest BCUT2D eigenvalue weighted by molar-refractivity contribution is 6.40. The molecule has 12 rings (SSSR count). The normalized spacial score (nSPS) is 12.0. The summed E-state index contributed by atoms with van der Waals surface area (Å²) in [6, 6.07) is 57.5. The molecule has 7 nitrogen and oxygen atoms in total. The Kier molecular flexibility index (Phi) is 6.63. The van der Waals surface area contributed by atoms with Crippen LogP contribution in [0.15, 0.2) is 170 Å². The van der Waals surface area contributed by atoms with Crippen LogP contribution in [0.1, 0.15) is 0 Å². The van der Waals surface area contributed by atoms with E-state index in [9.17, 15) is 0 Å². The van der Waals surface area contributed by atoms with Crippen LogP contribution in [0.3, 0.4) is 0 Å². The number of nitrogens with zero attached hydrogens (tertiary/aromatic N) is 6. The molecule has 270 valence electrons. The number of fused-ring (bicyclic) bond motifs is 13. The molecule has 0 atom stereocenters. The Labute approximate surface area is 327 Å². The van der Waals surface area contributed by atoms with E-state index >= 15 is 0 Å². The zero-order valence-corrected chi connectivity index (χ0v) is 31.3. The molecule has 0 N–H and O–H groups in total. The molecular formula is C50H34N6O. The average molecular weight is 735 g/mol. The summed E-state index contributed by atoms with van der Waals surface area (Å²) in [6.07, 6.45) is 5.33. The standard InChI is InChI=1S/C50H34N6O/c1-52-31-54(42-24-11-10-23-41(42)52)33-17-14-18-34(29-33)57-35-26-27-38-43(30-35)56(44-25-12-13-28-51-44)50-47(38)48-45(46-36-19-6-8-21-39(36)53(2)49(46)50)37-20-7-9-22-40(37)55(48)32-15-4-3-5-16-32/h3-30H,1-2H3. The quantitative estimate of drug-likeness (QED) is 0.131. The van der Waals surface area contributed by atoms with E-state index in [1.54, 1.807) is 0 Å². The highest BCUT2D eigenvalue weighted by Gasteiger charge is 2.28. The Hall–Kier alpha value is -7.64. The van der Waals surface area contributed by atoms with Gasteiger partial charge in [-0.25, -0.2) is 4.98 Å². The molecule has 57 heavy (non-hydrogen) atoms. The molecule has 0 aliphatic rings. The van der Waals surface area contributed by atoms with Gasteiger partial charge in [-0.1, -0.05) is 97.1 Å². The molecule has 0 aliphatic heterocycles. The van der Waals surface area contributed by atoms with Crippen LogP contribution in [-0.2, 0) is 14.1 Å². The maximum Gasteiger partial charge on any atom is 0.244 e. The maximum absolute atomic E-state index is 6.76. The minimum atomic E-state index is 0.736. The third kappa shape index (κ3) is 4.48. The predicted molar refractivity (Wildman–Crippen MR) is 230 cm³/mol. The summed E-state index contributed by atoms with van der Waals surface area (Å²) in [5.41, 5.74) is 11.1.